The number of carbonyl (C=O) groups excluding carboxylic acids is 1. The molecule has 0 saturated carbocycles. The fourth-order valence-corrected chi connectivity index (χ4v) is 1.77. The lowest BCUT2D eigenvalue weighted by Crippen LogP contribution is -2.42. The van der Waals surface area contributed by atoms with Crippen molar-refractivity contribution < 1.29 is 13.9 Å². The average Bonchev–Trinajstić information content (AvgIpc) is 2.27. The van der Waals surface area contributed by atoms with Gasteiger partial charge in [0.15, 0.2) is 0 Å². The minimum atomic E-state index is -1.47. The number of hydrogen-bond acceptors (Lipinski definition) is 3. The van der Waals surface area contributed by atoms with Gasteiger partial charge >= 0.3 is 6.09 Å². The van der Waals surface area contributed by atoms with Crippen LogP contribution in [-0.4, -0.2) is 41.9 Å². The van der Waals surface area contributed by atoms with E-state index in [0.717, 1.165) is 0 Å². The Morgan fingerprint density at radius 3 is 2.50 bits per heavy atom. The van der Waals surface area contributed by atoms with E-state index in [1.165, 1.54) is 6.92 Å². The number of carbonyl (C=O) groups is 1. The van der Waals surface area contributed by atoms with E-state index < -0.39 is 11.3 Å². The lowest BCUT2D eigenvalue weighted by atomic mass is 9.92. The number of ether oxygens (including phenoxy) is 1. The van der Waals surface area contributed by atoms with Crippen LogP contribution in [-0.2, 0) is 4.74 Å². The molecule has 1 aliphatic heterocycles. The molecule has 0 aromatic heterocycles. The van der Waals surface area contributed by atoms with Gasteiger partial charge in [-0.25, -0.2) is 9.18 Å². The van der Waals surface area contributed by atoms with E-state index in [0.29, 0.717) is 25.1 Å². The first-order valence-electron chi connectivity index (χ1n) is 6.22. The van der Waals surface area contributed by atoms with E-state index in [1.54, 1.807) is 11.0 Å². The Bertz CT molecular complexity index is 345. The molecular formula is C13H23FN2O2. The first-order valence-corrected chi connectivity index (χ1v) is 6.22. The van der Waals surface area contributed by atoms with E-state index in [4.69, 9.17) is 10.5 Å². The molecule has 4 nitrogen and oxygen atoms in total. The topological polar surface area (TPSA) is 55.6 Å². The second-order valence-electron chi connectivity index (χ2n) is 5.81. The zero-order valence-electron chi connectivity index (χ0n) is 11.6. The smallest absolute Gasteiger partial charge is 0.410 e. The molecule has 0 spiro atoms. The zero-order valence-corrected chi connectivity index (χ0v) is 11.6. The maximum atomic E-state index is 14.0. The lowest BCUT2D eigenvalue weighted by molar-refractivity contribution is 0.0259. The van der Waals surface area contributed by atoms with Crippen molar-refractivity contribution in [3.8, 4) is 0 Å². The van der Waals surface area contributed by atoms with Gasteiger partial charge in [-0.2, -0.15) is 0 Å². The van der Waals surface area contributed by atoms with Crippen LogP contribution in [0.25, 0.3) is 0 Å². The monoisotopic (exact) mass is 258 g/mol. The molecule has 0 fully saturated rings. The van der Waals surface area contributed by atoms with Crippen LogP contribution in [0, 0.1) is 0 Å². The second kappa shape index (κ2) is 5.26. The van der Waals surface area contributed by atoms with Crippen LogP contribution < -0.4 is 5.73 Å². The number of hydrogen-bond donors (Lipinski definition) is 1. The van der Waals surface area contributed by atoms with Gasteiger partial charge < -0.3 is 15.4 Å². The number of amides is 1. The summed E-state index contributed by atoms with van der Waals surface area (Å²) in [5, 5.41) is 0. The van der Waals surface area contributed by atoms with Crippen LogP contribution in [0.3, 0.4) is 0 Å². The fourth-order valence-electron chi connectivity index (χ4n) is 1.77. The first kappa shape index (κ1) is 15.0. The van der Waals surface area contributed by atoms with Gasteiger partial charge in [0.05, 0.1) is 0 Å². The predicted octanol–water partition coefficient (Wildman–Crippen LogP) is 2.24. The standard InChI is InChI=1S/C13H23FN2O2/c1-12(2,3)18-11(17)16-7-5-10(6-8-16)13(4,14)9-15/h5H,6-9,15H2,1-4H3. The predicted molar refractivity (Wildman–Crippen MR) is 69.1 cm³/mol. The van der Waals surface area contributed by atoms with E-state index in [1.807, 2.05) is 20.8 Å². The van der Waals surface area contributed by atoms with Crippen molar-refractivity contribution in [2.45, 2.75) is 45.4 Å². The molecule has 0 aromatic rings. The molecule has 0 aliphatic carbocycles. The summed E-state index contributed by atoms with van der Waals surface area (Å²) in [4.78, 5) is 13.4. The Hall–Kier alpha value is -1.10. The van der Waals surface area contributed by atoms with Crippen molar-refractivity contribution in [1.82, 2.24) is 4.90 Å². The molecule has 0 radical (unpaired) electrons. The van der Waals surface area contributed by atoms with Gasteiger partial charge in [0.2, 0.25) is 0 Å². The van der Waals surface area contributed by atoms with Gasteiger partial charge in [-0.3, -0.25) is 0 Å². The number of alkyl halides is 1. The van der Waals surface area contributed by atoms with Crippen LogP contribution in [0.15, 0.2) is 11.6 Å². The van der Waals surface area contributed by atoms with Crippen molar-refractivity contribution >= 4 is 6.09 Å². The third kappa shape index (κ3) is 3.98. The summed E-state index contributed by atoms with van der Waals surface area (Å²) in [6.45, 7) is 7.76. The summed E-state index contributed by atoms with van der Waals surface area (Å²) in [5.74, 6) is 0. The maximum absolute atomic E-state index is 14.0. The highest BCUT2D eigenvalue weighted by molar-refractivity contribution is 5.68. The largest absolute Gasteiger partial charge is 0.444 e. The van der Waals surface area contributed by atoms with Crippen LogP contribution in [0.2, 0.25) is 0 Å². The Morgan fingerprint density at radius 1 is 1.50 bits per heavy atom. The molecule has 1 heterocycles. The molecule has 0 saturated heterocycles. The van der Waals surface area contributed by atoms with Crippen molar-refractivity contribution in [3.05, 3.63) is 11.6 Å². The maximum Gasteiger partial charge on any atom is 0.410 e. The molecule has 18 heavy (non-hydrogen) atoms. The lowest BCUT2D eigenvalue weighted by Gasteiger charge is -2.32. The van der Waals surface area contributed by atoms with Crippen molar-refractivity contribution in [2.75, 3.05) is 19.6 Å². The summed E-state index contributed by atoms with van der Waals surface area (Å²) in [6, 6.07) is 0. The third-order valence-electron chi connectivity index (χ3n) is 2.91. The first-order chi connectivity index (χ1) is 8.15. The second-order valence-corrected chi connectivity index (χ2v) is 5.81. The minimum absolute atomic E-state index is 0.0364. The highest BCUT2D eigenvalue weighted by Gasteiger charge is 2.31. The summed E-state index contributed by atoms with van der Waals surface area (Å²) in [7, 11) is 0. The molecule has 1 unspecified atom stereocenters. The Morgan fingerprint density at radius 2 is 2.11 bits per heavy atom. The van der Waals surface area contributed by atoms with Gasteiger partial charge in [0, 0.05) is 19.6 Å². The molecule has 0 bridgehead atoms. The summed E-state index contributed by atoms with van der Waals surface area (Å²) < 4.78 is 19.2. The highest BCUT2D eigenvalue weighted by Crippen LogP contribution is 2.26. The van der Waals surface area contributed by atoms with Crippen LogP contribution in [0.5, 0.6) is 0 Å². The Labute approximate surface area is 108 Å². The van der Waals surface area contributed by atoms with E-state index >= 15 is 0 Å². The van der Waals surface area contributed by atoms with Crippen LogP contribution >= 0.6 is 0 Å². The third-order valence-corrected chi connectivity index (χ3v) is 2.91. The van der Waals surface area contributed by atoms with E-state index in [-0.39, 0.29) is 12.6 Å². The van der Waals surface area contributed by atoms with Crippen LogP contribution in [0.4, 0.5) is 9.18 Å². The molecule has 104 valence electrons. The highest BCUT2D eigenvalue weighted by atomic mass is 19.1. The Balaban J connectivity index is 2.61. The molecule has 0 aromatic carbocycles. The fraction of sp³-hybridized carbons (Fsp3) is 0.769. The number of halogens is 1. The van der Waals surface area contributed by atoms with Gasteiger partial charge in [0.1, 0.15) is 11.3 Å². The van der Waals surface area contributed by atoms with Crippen molar-refractivity contribution in [2.24, 2.45) is 5.73 Å². The normalized spacial score (nSPS) is 20.1. The summed E-state index contributed by atoms with van der Waals surface area (Å²) in [5.41, 5.74) is 4.09. The average molecular weight is 258 g/mol. The van der Waals surface area contributed by atoms with Gasteiger partial charge in [-0.1, -0.05) is 6.08 Å². The molecule has 1 amide bonds. The van der Waals surface area contributed by atoms with Crippen molar-refractivity contribution in [1.29, 1.82) is 0 Å². The Kier molecular flexibility index (Phi) is 4.37. The van der Waals surface area contributed by atoms with Crippen molar-refractivity contribution in [3.63, 3.8) is 0 Å². The van der Waals surface area contributed by atoms with Gasteiger partial charge in [-0.05, 0) is 39.7 Å². The number of nitrogens with two attached hydrogens (primary N) is 1. The molecular weight excluding hydrogens is 235 g/mol. The summed E-state index contributed by atoms with van der Waals surface area (Å²) >= 11 is 0. The van der Waals surface area contributed by atoms with Gasteiger partial charge in [-0.15, -0.1) is 0 Å². The summed E-state index contributed by atoms with van der Waals surface area (Å²) in [6.07, 6.45) is 1.88. The molecule has 5 heteroatoms. The number of nitrogens with zero attached hydrogens (tertiary/aromatic N) is 1. The molecule has 1 aliphatic rings. The SMILES string of the molecule is CC(C)(C)OC(=O)N1CC=C(C(C)(F)CN)CC1. The van der Waals surface area contributed by atoms with E-state index in [9.17, 15) is 9.18 Å². The zero-order chi connectivity index (χ0) is 14.0. The van der Waals surface area contributed by atoms with Crippen LogP contribution in [0.1, 0.15) is 34.1 Å². The van der Waals surface area contributed by atoms with E-state index in [2.05, 4.69) is 0 Å². The minimum Gasteiger partial charge on any atom is -0.444 e. The van der Waals surface area contributed by atoms with Gasteiger partial charge in [0.25, 0.3) is 0 Å². The molecule has 1 rings (SSSR count). The molecule has 2 N–H and O–H groups in total. The molecule has 1 atom stereocenters. The quantitative estimate of drug-likeness (QED) is 0.773. The number of rotatable bonds is 2.